The molecule has 126 valence electrons. The van der Waals surface area contributed by atoms with Crippen LogP contribution in [0.5, 0.6) is 0 Å². The van der Waals surface area contributed by atoms with Gasteiger partial charge in [-0.1, -0.05) is 48.5 Å². The number of likely N-dealkylation sites (tertiary alicyclic amines) is 1. The molecule has 2 amide bonds. The van der Waals surface area contributed by atoms with Crippen molar-refractivity contribution < 1.29 is 4.79 Å². The van der Waals surface area contributed by atoms with E-state index < -0.39 is 0 Å². The number of amides is 2. The molecule has 0 aliphatic carbocycles. The van der Waals surface area contributed by atoms with E-state index in [9.17, 15) is 4.79 Å². The molecule has 1 fully saturated rings. The van der Waals surface area contributed by atoms with Gasteiger partial charge < -0.3 is 4.90 Å². The van der Waals surface area contributed by atoms with Crippen molar-refractivity contribution in [3.05, 3.63) is 66.2 Å². The minimum atomic E-state index is 0.141. The van der Waals surface area contributed by atoms with E-state index in [1.165, 1.54) is 5.56 Å². The molecule has 3 rings (SSSR count). The molecule has 0 radical (unpaired) electrons. The predicted octanol–water partition coefficient (Wildman–Crippen LogP) is 4.59. The van der Waals surface area contributed by atoms with E-state index in [0.29, 0.717) is 12.5 Å². The van der Waals surface area contributed by atoms with Gasteiger partial charge in [-0.2, -0.15) is 0 Å². The van der Waals surface area contributed by atoms with Crippen LogP contribution in [-0.4, -0.2) is 30.6 Å². The maximum Gasteiger partial charge on any atom is 0.324 e. The summed E-state index contributed by atoms with van der Waals surface area (Å²) in [4.78, 5) is 16.7. The second kappa shape index (κ2) is 8.00. The molecule has 2 aromatic rings. The number of hydrogen-bond donors (Lipinski definition) is 0. The van der Waals surface area contributed by atoms with Crippen LogP contribution in [0.3, 0.4) is 0 Å². The molecular formula is C21H26N2O. The van der Waals surface area contributed by atoms with Crippen LogP contribution in [0.2, 0.25) is 0 Å². The number of piperidine rings is 1. The van der Waals surface area contributed by atoms with Crippen molar-refractivity contribution in [1.82, 2.24) is 4.90 Å². The van der Waals surface area contributed by atoms with Crippen LogP contribution >= 0.6 is 0 Å². The first kappa shape index (κ1) is 16.6. The van der Waals surface area contributed by atoms with E-state index in [1.54, 1.807) is 0 Å². The lowest BCUT2D eigenvalue weighted by Crippen LogP contribution is -2.47. The zero-order valence-corrected chi connectivity index (χ0v) is 14.4. The number of rotatable bonds is 4. The van der Waals surface area contributed by atoms with Gasteiger partial charge in [0.2, 0.25) is 0 Å². The Bertz CT molecular complexity index is 633. The van der Waals surface area contributed by atoms with Gasteiger partial charge in [0.15, 0.2) is 0 Å². The molecule has 1 saturated heterocycles. The average molecular weight is 322 g/mol. The first-order valence-corrected chi connectivity index (χ1v) is 8.93. The van der Waals surface area contributed by atoms with Crippen LogP contribution in [0.4, 0.5) is 10.5 Å². The van der Waals surface area contributed by atoms with Gasteiger partial charge in [0.1, 0.15) is 0 Å². The fourth-order valence-electron chi connectivity index (χ4n) is 3.48. The molecule has 3 heteroatoms. The third-order valence-corrected chi connectivity index (χ3v) is 4.87. The fraction of sp³-hybridized carbons (Fsp3) is 0.381. The molecule has 0 saturated carbocycles. The Balaban J connectivity index is 1.56. The maximum atomic E-state index is 12.8. The quantitative estimate of drug-likeness (QED) is 0.808. The van der Waals surface area contributed by atoms with Crippen molar-refractivity contribution in [3.8, 4) is 0 Å². The number of carbonyl (C=O) groups is 1. The van der Waals surface area contributed by atoms with Gasteiger partial charge in [0.05, 0.1) is 0 Å². The van der Waals surface area contributed by atoms with Gasteiger partial charge >= 0.3 is 6.03 Å². The molecule has 1 aliphatic rings. The number of nitrogens with zero attached hydrogens (tertiary/aromatic N) is 2. The lowest BCUT2D eigenvalue weighted by Gasteiger charge is -2.35. The molecule has 0 unspecified atom stereocenters. The number of benzene rings is 2. The van der Waals surface area contributed by atoms with Crippen LogP contribution in [-0.2, 0) is 6.42 Å². The summed E-state index contributed by atoms with van der Waals surface area (Å²) in [6, 6.07) is 20.8. The molecule has 0 atom stereocenters. The topological polar surface area (TPSA) is 23.6 Å². The summed E-state index contributed by atoms with van der Waals surface area (Å²) in [7, 11) is 0. The predicted molar refractivity (Wildman–Crippen MR) is 99.3 cm³/mol. The highest BCUT2D eigenvalue weighted by Crippen LogP contribution is 2.24. The minimum Gasteiger partial charge on any atom is -0.324 e. The van der Waals surface area contributed by atoms with Crippen molar-refractivity contribution in [2.45, 2.75) is 26.2 Å². The standard InChI is InChI=1S/C21H26N2O/c1-2-23(20-11-7-4-8-12-20)21(24)22-15-13-19(14-16-22)17-18-9-5-3-6-10-18/h3-12,19H,2,13-17H2,1H3. The van der Waals surface area contributed by atoms with Crippen molar-refractivity contribution in [2.24, 2.45) is 5.92 Å². The van der Waals surface area contributed by atoms with Crippen LogP contribution in [0.15, 0.2) is 60.7 Å². The van der Waals surface area contributed by atoms with Gasteiger partial charge in [-0.05, 0) is 49.8 Å². The highest BCUT2D eigenvalue weighted by atomic mass is 16.2. The summed E-state index contributed by atoms with van der Waals surface area (Å²) in [5.41, 5.74) is 2.39. The zero-order chi connectivity index (χ0) is 16.8. The van der Waals surface area contributed by atoms with Crippen LogP contribution in [0.25, 0.3) is 0 Å². The number of hydrogen-bond acceptors (Lipinski definition) is 1. The molecule has 0 N–H and O–H groups in total. The smallest absolute Gasteiger partial charge is 0.324 e. The maximum absolute atomic E-state index is 12.8. The minimum absolute atomic E-state index is 0.141. The van der Waals surface area contributed by atoms with E-state index in [0.717, 1.165) is 38.0 Å². The highest BCUT2D eigenvalue weighted by molar-refractivity contribution is 5.91. The van der Waals surface area contributed by atoms with Crippen LogP contribution in [0.1, 0.15) is 25.3 Å². The van der Waals surface area contributed by atoms with Gasteiger partial charge in [0.25, 0.3) is 0 Å². The summed E-state index contributed by atoms with van der Waals surface area (Å²) in [5.74, 6) is 0.684. The van der Waals surface area contributed by atoms with E-state index in [4.69, 9.17) is 0 Å². The summed E-state index contributed by atoms with van der Waals surface area (Å²) in [6.07, 6.45) is 3.30. The lowest BCUT2D eigenvalue weighted by atomic mass is 9.90. The largest absolute Gasteiger partial charge is 0.324 e. The van der Waals surface area contributed by atoms with E-state index in [1.807, 2.05) is 47.1 Å². The Morgan fingerprint density at radius 3 is 2.17 bits per heavy atom. The van der Waals surface area contributed by atoms with E-state index >= 15 is 0 Å². The summed E-state index contributed by atoms with van der Waals surface area (Å²) >= 11 is 0. The monoisotopic (exact) mass is 322 g/mol. The fourth-order valence-corrected chi connectivity index (χ4v) is 3.48. The molecule has 0 spiro atoms. The Hall–Kier alpha value is -2.29. The van der Waals surface area contributed by atoms with Crippen molar-refractivity contribution in [3.63, 3.8) is 0 Å². The first-order valence-electron chi connectivity index (χ1n) is 8.93. The van der Waals surface area contributed by atoms with E-state index in [2.05, 4.69) is 30.3 Å². The second-order valence-corrected chi connectivity index (χ2v) is 6.48. The summed E-state index contributed by atoms with van der Waals surface area (Å²) in [6.45, 7) is 4.46. The van der Waals surface area contributed by atoms with Crippen molar-refractivity contribution >= 4 is 11.7 Å². The van der Waals surface area contributed by atoms with Gasteiger partial charge in [-0.25, -0.2) is 4.79 Å². The Morgan fingerprint density at radius 2 is 1.58 bits per heavy atom. The normalized spacial score (nSPS) is 15.3. The molecule has 3 nitrogen and oxygen atoms in total. The second-order valence-electron chi connectivity index (χ2n) is 6.48. The third-order valence-electron chi connectivity index (χ3n) is 4.87. The van der Waals surface area contributed by atoms with Crippen molar-refractivity contribution in [2.75, 3.05) is 24.5 Å². The summed E-state index contributed by atoms with van der Waals surface area (Å²) in [5, 5.41) is 0. The molecule has 0 aromatic heterocycles. The molecule has 0 bridgehead atoms. The molecular weight excluding hydrogens is 296 g/mol. The highest BCUT2D eigenvalue weighted by Gasteiger charge is 2.26. The van der Waals surface area contributed by atoms with E-state index in [-0.39, 0.29) is 6.03 Å². The average Bonchev–Trinajstić information content (AvgIpc) is 2.65. The Morgan fingerprint density at radius 1 is 1.00 bits per heavy atom. The van der Waals surface area contributed by atoms with Gasteiger partial charge in [-0.3, -0.25) is 4.90 Å². The third kappa shape index (κ3) is 3.97. The van der Waals surface area contributed by atoms with Crippen LogP contribution < -0.4 is 4.90 Å². The Kier molecular flexibility index (Phi) is 5.52. The van der Waals surface area contributed by atoms with Gasteiger partial charge in [-0.15, -0.1) is 0 Å². The van der Waals surface area contributed by atoms with Crippen molar-refractivity contribution in [1.29, 1.82) is 0 Å². The molecule has 24 heavy (non-hydrogen) atoms. The Labute approximate surface area is 144 Å². The molecule has 1 aliphatic heterocycles. The summed E-state index contributed by atoms with van der Waals surface area (Å²) < 4.78 is 0. The molecule has 1 heterocycles. The number of carbonyl (C=O) groups excluding carboxylic acids is 1. The SMILES string of the molecule is CCN(C(=O)N1CCC(Cc2ccccc2)CC1)c1ccccc1. The first-order chi connectivity index (χ1) is 11.8. The lowest BCUT2D eigenvalue weighted by molar-refractivity contribution is 0.176. The number of para-hydroxylation sites is 1. The number of urea groups is 1. The number of anilines is 1. The molecule has 2 aromatic carbocycles. The van der Waals surface area contributed by atoms with Crippen LogP contribution in [0, 0.1) is 5.92 Å². The zero-order valence-electron chi connectivity index (χ0n) is 14.4. The van der Waals surface area contributed by atoms with Gasteiger partial charge in [0, 0.05) is 25.3 Å².